The largest absolute Gasteiger partial charge is 0.432 e. The Labute approximate surface area is 151 Å². The van der Waals surface area contributed by atoms with Gasteiger partial charge in [-0.3, -0.25) is 4.79 Å². The van der Waals surface area contributed by atoms with E-state index in [1.165, 1.54) is 43.3 Å². The first-order valence-electron chi connectivity index (χ1n) is 7.72. The zero-order valence-electron chi connectivity index (χ0n) is 14.6. The van der Waals surface area contributed by atoms with Crippen molar-refractivity contribution in [3.8, 4) is 0 Å². The molecule has 2 aromatic rings. The first-order chi connectivity index (χ1) is 12.1. The van der Waals surface area contributed by atoms with Crippen LogP contribution in [0.4, 0.5) is 4.39 Å². The number of halogens is 1. The summed E-state index contributed by atoms with van der Waals surface area (Å²) in [5.41, 5.74) is 1.95. The van der Waals surface area contributed by atoms with Crippen LogP contribution in [-0.2, 0) is 19.4 Å². The highest BCUT2D eigenvalue weighted by Gasteiger charge is 2.20. The summed E-state index contributed by atoms with van der Waals surface area (Å²) in [5.74, 6) is -1.11. The summed E-state index contributed by atoms with van der Waals surface area (Å²) < 4.78 is 41.3. The van der Waals surface area contributed by atoms with Crippen LogP contribution in [0.1, 0.15) is 25.0 Å². The minimum absolute atomic E-state index is 0.165. The maximum Gasteiger partial charge on any atom is 0.305 e. The fourth-order valence-electron chi connectivity index (χ4n) is 2.50. The van der Waals surface area contributed by atoms with Gasteiger partial charge in [-0.05, 0) is 47.9 Å². The van der Waals surface area contributed by atoms with Gasteiger partial charge in [-0.2, -0.15) is 0 Å². The van der Waals surface area contributed by atoms with Crippen LogP contribution in [0.2, 0.25) is 0 Å². The van der Waals surface area contributed by atoms with Gasteiger partial charge in [0.05, 0.1) is 4.90 Å². The Bertz CT molecular complexity index is 929. The van der Waals surface area contributed by atoms with E-state index in [-0.39, 0.29) is 10.5 Å². The monoisotopic (exact) mass is 378 g/mol. The van der Waals surface area contributed by atoms with Gasteiger partial charge in [0.1, 0.15) is 5.82 Å². The third-order valence-electron chi connectivity index (χ3n) is 3.80. The van der Waals surface area contributed by atoms with Crippen molar-refractivity contribution in [3.63, 3.8) is 0 Å². The molecule has 2 aromatic carbocycles. The number of hydrogen-bond acceptors (Lipinski definition) is 5. The quantitative estimate of drug-likeness (QED) is 0.491. The minimum Gasteiger partial charge on any atom is -0.432 e. The van der Waals surface area contributed by atoms with Crippen LogP contribution < -0.4 is 0 Å². The molecule has 0 aliphatic carbocycles. The van der Waals surface area contributed by atoms with Crippen molar-refractivity contribution < 1.29 is 27.4 Å². The van der Waals surface area contributed by atoms with Crippen molar-refractivity contribution in [2.24, 2.45) is 0 Å². The Morgan fingerprint density at radius 3 is 1.96 bits per heavy atom. The molecule has 0 saturated carbocycles. The number of carbonyl (C=O) groups is 1. The molecule has 0 fully saturated rings. The van der Waals surface area contributed by atoms with Crippen molar-refractivity contribution >= 4 is 27.0 Å². The van der Waals surface area contributed by atoms with Crippen molar-refractivity contribution in [1.82, 2.24) is 0 Å². The summed E-state index contributed by atoms with van der Waals surface area (Å²) in [5, 5.41) is 10.3. The topological polar surface area (TPSA) is 80.7 Å². The number of hydrogen-bond donors (Lipinski definition) is 1. The molecule has 26 heavy (non-hydrogen) atoms. The second-order valence-electron chi connectivity index (χ2n) is 5.80. The molecule has 0 amide bonds. The summed E-state index contributed by atoms with van der Waals surface area (Å²) in [6, 6.07) is 11.5. The molecule has 5 nitrogen and oxygen atoms in total. The number of carbonyl (C=O) groups excluding carboxylic acids is 1. The maximum absolute atomic E-state index is 13.2. The van der Waals surface area contributed by atoms with E-state index in [0.29, 0.717) is 16.7 Å². The predicted molar refractivity (Wildman–Crippen MR) is 96.2 cm³/mol. The Kier molecular flexibility index (Phi) is 5.94. The SMILES string of the molecule is CC(=O)OC(O)C(=C(C)c1ccc(S(C)(=O)=O)cc1)c1ccc(F)cc1. The Hall–Kier alpha value is -2.51. The lowest BCUT2D eigenvalue weighted by Crippen LogP contribution is -2.18. The van der Waals surface area contributed by atoms with Gasteiger partial charge >= 0.3 is 5.97 Å². The number of esters is 1. The molecule has 138 valence electrons. The molecule has 0 aliphatic heterocycles. The van der Waals surface area contributed by atoms with Crippen LogP contribution in [0.3, 0.4) is 0 Å². The molecule has 0 saturated heterocycles. The van der Waals surface area contributed by atoms with Crippen LogP contribution in [-0.4, -0.2) is 32.0 Å². The number of allylic oxidation sites excluding steroid dienone is 1. The highest BCUT2D eigenvalue weighted by molar-refractivity contribution is 7.90. The normalized spacial score (nSPS) is 13.7. The van der Waals surface area contributed by atoms with Gasteiger partial charge in [-0.15, -0.1) is 0 Å². The second-order valence-corrected chi connectivity index (χ2v) is 7.82. The minimum atomic E-state index is -3.33. The lowest BCUT2D eigenvalue weighted by molar-refractivity contribution is -0.156. The highest BCUT2D eigenvalue weighted by Crippen LogP contribution is 2.30. The number of sulfone groups is 1. The van der Waals surface area contributed by atoms with Gasteiger partial charge in [0.25, 0.3) is 0 Å². The van der Waals surface area contributed by atoms with Gasteiger partial charge in [-0.25, -0.2) is 12.8 Å². The van der Waals surface area contributed by atoms with Crippen molar-refractivity contribution in [2.75, 3.05) is 6.26 Å². The number of aliphatic hydroxyl groups excluding tert-OH is 1. The van der Waals surface area contributed by atoms with E-state index in [1.807, 2.05) is 0 Å². The van der Waals surface area contributed by atoms with E-state index in [1.54, 1.807) is 19.1 Å². The third kappa shape index (κ3) is 4.77. The fraction of sp³-hybridized carbons (Fsp3) is 0.211. The molecular weight excluding hydrogens is 359 g/mol. The van der Waals surface area contributed by atoms with Crippen LogP contribution in [0.25, 0.3) is 11.1 Å². The van der Waals surface area contributed by atoms with Gasteiger partial charge < -0.3 is 9.84 Å². The molecule has 1 atom stereocenters. The number of ether oxygens (including phenoxy) is 1. The zero-order chi connectivity index (χ0) is 19.5. The zero-order valence-corrected chi connectivity index (χ0v) is 15.4. The molecule has 0 radical (unpaired) electrons. The molecular formula is C19H19FO5S. The molecule has 0 aromatic heterocycles. The highest BCUT2D eigenvalue weighted by atomic mass is 32.2. The number of benzene rings is 2. The smallest absolute Gasteiger partial charge is 0.305 e. The van der Waals surface area contributed by atoms with E-state index >= 15 is 0 Å². The average Bonchev–Trinajstić information content (AvgIpc) is 2.55. The van der Waals surface area contributed by atoms with Crippen LogP contribution in [0.5, 0.6) is 0 Å². The lowest BCUT2D eigenvalue weighted by atomic mass is 9.95. The Balaban J connectivity index is 2.57. The average molecular weight is 378 g/mol. The first kappa shape index (κ1) is 19.8. The van der Waals surface area contributed by atoms with E-state index in [2.05, 4.69) is 0 Å². The van der Waals surface area contributed by atoms with Gasteiger partial charge in [0.2, 0.25) is 6.29 Å². The van der Waals surface area contributed by atoms with E-state index in [0.717, 1.165) is 6.26 Å². The molecule has 1 unspecified atom stereocenters. The van der Waals surface area contributed by atoms with Gasteiger partial charge in [-0.1, -0.05) is 24.3 Å². The number of aliphatic hydroxyl groups is 1. The third-order valence-corrected chi connectivity index (χ3v) is 4.93. The Morgan fingerprint density at radius 1 is 1.00 bits per heavy atom. The molecule has 0 spiro atoms. The molecule has 0 heterocycles. The number of rotatable bonds is 5. The fourth-order valence-corrected chi connectivity index (χ4v) is 3.13. The van der Waals surface area contributed by atoms with Crippen LogP contribution >= 0.6 is 0 Å². The van der Waals surface area contributed by atoms with E-state index < -0.39 is 27.9 Å². The predicted octanol–water partition coefficient (Wildman–Crippen LogP) is 3.04. The second kappa shape index (κ2) is 7.80. The Morgan fingerprint density at radius 2 is 1.50 bits per heavy atom. The lowest BCUT2D eigenvalue weighted by Gasteiger charge is -2.19. The van der Waals surface area contributed by atoms with Crippen LogP contribution in [0.15, 0.2) is 53.4 Å². The molecule has 2 rings (SSSR count). The summed E-state index contributed by atoms with van der Waals surface area (Å²) in [6.07, 6.45) is -0.438. The summed E-state index contributed by atoms with van der Waals surface area (Å²) in [7, 11) is -3.33. The van der Waals surface area contributed by atoms with Gasteiger partial charge in [0.15, 0.2) is 9.84 Å². The van der Waals surface area contributed by atoms with Gasteiger partial charge in [0, 0.05) is 18.8 Å². The molecule has 7 heteroatoms. The molecule has 0 bridgehead atoms. The van der Waals surface area contributed by atoms with Crippen molar-refractivity contribution in [3.05, 3.63) is 65.5 Å². The van der Waals surface area contributed by atoms with Crippen molar-refractivity contribution in [1.29, 1.82) is 0 Å². The molecule has 0 aliphatic rings. The maximum atomic E-state index is 13.2. The summed E-state index contributed by atoms with van der Waals surface area (Å²) in [4.78, 5) is 11.4. The summed E-state index contributed by atoms with van der Waals surface area (Å²) >= 11 is 0. The molecule has 1 N–H and O–H groups in total. The van der Waals surface area contributed by atoms with E-state index in [4.69, 9.17) is 4.74 Å². The van der Waals surface area contributed by atoms with Crippen LogP contribution in [0, 0.1) is 5.82 Å². The first-order valence-corrected chi connectivity index (χ1v) is 9.61. The van der Waals surface area contributed by atoms with E-state index in [9.17, 15) is 22.7 Å². The summed E-state index contributed by atoms with van der Waals surface area (Å²) in [6.45, 7) is 2.86. The standard InChI is InChI=1S/C19H19FO5S/c1-12(14-6-10-17(11-7-14)26(3,23)24)18(19(22)25-13(2)21)15-4-8-16(20)9-5-15/h4-11,19,22H,1-3H3. The van der Waals surface area contributed by atoms with Crippen molar-refractivity contribution in [2.45, 2.75) is 25.0 Å².